The summed E-state index contributed by atoms with van der Waals surface area (Å²) in [5.41, 5.74) is 0.452. The molecule has 15 heavy (non-hydrogen) atoms. The Balaban J connectivity index is 2.21. The maximum atomic E-state index is 2.77. The van der Waals surface area contributed by atoms with Gasteiger partial charge in [0.15, 0.2) is 0 Å². The molecule has 88 valence electrons. The summed E-state index contributed by atoms with van der Waals surface area (Å²) in [5.74, 6) is 2.00. The smallest absolute Gasteiger partial charge is 0.0178 e. The van der Waals surface area contributed by atoms with Crippen molar-refractivity contribution in [2.24, 2.45) is 17.3 Å². The summed E-state index contributed by atoms with van der Waals surface area (Å²) in [4.78, 5) is 2.77. The van der Waals surface area contributed by atoms with Crippen molar-refractivity contribution in [2.45, 2.75) is 66.0 Å². The van der Waals surface area contributed by atoms with Crippen LogP contribution in [0.4, 0.5) is 0 Å². The van der Waals surface area contributed by atoms with Crippen LogP contribution < -0.4 is 0 Å². The van der Waals surface area contributed by atoms with Gasteiger partial charge in [-0.2, -0.15) is 0 Å². The minimum absolute atomic E-state index is 0.452. The van der Waals surface area contributed by atoms with Crippen LogP contribution in [0.15, 0.2) is 0 Å². The molecule has 0 spiro atoms. The fourth-order valence-corrected chi connectivity index (χ4v) is 4.01. The standard InChI is InChI=1S/C14H27N/c1-10(2)15-9-11-7-6-8-12(11)13(15)14(3,4)5/h10-13H,6-9H2,1-5H3. The van der Waals surface area contributed by atoms with Crippen molar-refractivity contribution in [3.05, 3.63) is 0 Å². The van der Waals surface area contributed by atoms with Crippen molar-refractivity contribution in [1.82, 2.24) is 4.90 Å². The molecule has 0 amide bonds. The van der Waals surface area contributed by atoms with E-state index in [0.29, 0.717) is 5.41 Å². The first kappa shape index (κ1) is 11.4. The third-order valence-electron chi connectivity index (χ3n) is 4.48. The van der Waals surface area contributed by atoms with Crippen molar-refractivity contribution in [1.29, 1.82) is 0 Å². The third kappa shape index (κ3) is 1.95. The quantitative estimate of drug-likeness (QED) is 0.638. The normalized spacial score (nSPS) is 37.6. The van der Waals surface area contributed by atoms with Crippen LogP contribution in [0.2, 0.25) is 0 Å². The lowest BCUT2D eigenvalue weighted by molar-refractivity contribution is 0.0839. The lowest BCUT2D eigenvalue weighted by Gasteiger charge is -2.40. The van der Waals surface area contributed by atoms with Crippen molar-refractivity contribution in [2.75, 3.05) is 6.54 Å². The Hall–Kier alpha value is -0.0400. The van der Waals surface area contributed by atoms with Crippen LogP contribution in [0.1, 0.15) is 53.9 Å². The van der Waals surface area contributed by atoms with E-state index in [1.807, 2.05) is 0 Å². The molecular weight excluding hydrogens is 182 g/mol. The molecule has 0 aromatic carbocycles. The van der Waals surface area contributed by atoms with Gasteiger partial charge in [-0.15, -0.1) is 0 Å². The highest BCUT2D eigenvalue weighted by molar-refractivity contribution is 5.01. The Morgan fingerprint density at radius 2 is 1.80 bits per heavy atom. The first-order valence-electron chi connectivity index (χ1n) is 6.67. The highest BCUT2D eigenvalue weighted by Gasteiger charge is 2.49. The fourth-order valence-electron chi connectivity index (χ4n) is 4.01. The monoisotopic (exact) mass is 209 g/mol. The van der Waals surface area contributed by atoms with Gasteiger partial charge in [0.2, 0.25) is 0 Å². The van der Waals surface area contributed by atoms with Gasteiger partial charge < -0.3 is 0 Å². The number of likely N-dealkylation sites (tertiary alicyclic amines) is 1. The molecule has 1 aliphatic heterocycles. The summed E-state index contributed by atoms with van der Waals surface area (Å²) in [6.07, 6.45) is 4.45. The van der Waals surface area contributed by atoms with Crippen molar-refractivity contribution in [3.63, 3.8) is 0 Å². The Kier molecular flexibility index (Phi) is 2.87. The minimum Gasteiger partial charge on any atom is -0.297 e. The van der Waals surface area contributed by atoms with Gasteiger partial charge in [0.1, 0.15) is 0 Å². The average molecular weight is 209 g/mol. The maximum absolute atomic E-state index is 2.77. The van der Waals surface area contributed by atoms with E-state index in [1.165, 1.54) is 25.8 Å². The van der Waals surface area contributed by atoms with E-state index in [-0.39, 0.29) is 0 Å². The Morgan fingerprint density at radius 1 is 1.13 bits per heavy atom. The summed E-state index contributed by atoms with van der Waals surface area (Å²) in [7, 11) is 0. The zero-order valence-electron chi connectivity index (χ0n) is 11.1. The summed E-state index contributed by atoms with van der Waals surface area (Å²) in [6, 6.07) is 1.55. The second kappa shape index (κ2) is 3.76. The van der Waals surface area contributed by atoms with Crippen LogP contribution in [0.5, 0.6) is 0 Å². The van der Waals surface area contributed by atoms with E-state index in [0.717, 1.165) is 23.9 Å². The summed E-state index contributed by atoms with van der Waals surface area (Å²) in [6.45, 7) is 13.4. The molecule has 2 rings (SSSR count). The maximum Gasteiger partial charge on any atom is 0.0178 e. The Bertz CT molecular complexity index is 226. The van der Waals surface area contributed by atoms with Crippen LogP contribution >= 0.6 is 0 Å². The number of nitrogens with zero attached hydrogens (tertiary/aromatic N) is 1. The van der Waals surface area contributed by atoms with E-state index in [9.17, 15) is 0 Å². The van der Waals surface area contributed by atoms with Gasteiger partial charge in [-0.25, -0.2) is 0 Å². The van der Waals surface area contributed by atoms with Gasteiger partial charge in [-0.05, 0) is 43.9 Å². The largest absolute Gasteiger partial charge is 0.297 e. The lowest BCUT2D eigenvalue weighted by Crippen LogP contribution is -2.46. The van der Waals surface area contributed by atoms with E-state index in [1.54, 1.807) is 0 Å². The van der Waals surface area contributed by atoms with Crippen LogP contribution in [0.25, 0.3) is 0 Å². The van der Waals surface area contributed by atoms with Crippen molar-refractivity contribution < 1.29 is 0 Å². The molecule has 1 nitrogen and oxygen atoms in total. The Labute approximate surface area is 95.2 Å². The molecule has 1 heterocycles. The summed E-state index contributed by atoms with van der Waals surface area (Å²) >= 11 is 0. The molecule has 0 aromatic rings. The second-order valence-corrected chi connectivity index (χ2v) is 6.96. The molecule has 2 aliphatic rings. The van der Waals surface area contributed by atoms with Gasteiger partial charge in [0, 0.05) is 18.6 Å². The molecule has 0 aromatic heterocycles. The highest BCUT2D eigenvalue weighted by Crippen LogP contribution is 2.48. The lowest BCUT2D eigenvalue weighted by atomic mass is 9.77. The molecule has 0 bridgehead atoms. The van der Waals surface area contributed by atoms with Crippen LogP contribution in [0, 0.1) is 17.3 Å². The van der Waals surface area contributed by atoms with Gasteiger partial charge in [0.05, 0.1) is 0 Å². The van der Waals surface area contributed by atoms with Crippen molar-refractivity contribution >= 4 is 0 Å². The second-order valence-electron chi connectivity index (χ2n) is 6.96. The molecule has 3 unspecified atom stereocenters. The topological polar surface area (TPSA) is 3.24 Å². The van der Waals surface area contributed by atoms with E-state index < -0.39 is 0 Å². The van der Waals surface area contributed by atoms with E-state index in [2.05, 4.69) is 39.5 Å². The molecule has 1 saturated carbocycles. The van der Waals surface area contributed by atoms with Crippen molar-refractivity contribution in [3.8, 4) is 0 Å². The van der Waals surface area contributed by atoms with Gasteiger partial charge in [0.25, 0.3) is 0 Å². The SMILES string of the molecule is CC(C)N1CC2CCCC2C1C(C)(C)C. The zero-order valence-corrected chi connectivity index (χ0v) is 11.1. The first-order valence-corrected chi connectivity index (χ1v) is 6.67. The van der Waals surface area contributed by atoms with Crippen LogP contribution in [-0.2, 0) is 0 Å². The highest BCUT2D eigenvalue weighted by atomic mass is 15.2. The predicted octanol–water partition coefficient (Wildman–Crippen LogP) is 3.54. The molecule has 0 N–H and O–H groups in total. The van der Waals surface area contributed by atoms with Gasteiger partial charge in [-0.1, -0.05) is 27.2 Å². The number of hydrogen-bond donors (Lipinski definition) is 0. The van der Waals surface area contributed by atoms with E-state index >= 15 is 0 Å². The molecule has 1 saturated heterocycles. The number of rotatable bonds is 1. The predicted molar refractivity (Wildman–Crippen MR) is 65.9 cm³/mol. The first-order chi connectivity index (χ1) is 6.91. The molecule has 2 fully saturated rings. The Morgan fingerprint density at radius 3 is 2.33 bits per heavy atom. The fraction of sp³-hybridized carbons (Fsp3) is 1.00. The van der Waals surface area contributed by atoms with Gasteiger partial charge >= 0.3 is 0 Å². The number of hydrogen-bond acceptors (Lipinski definition) is 1. The average Bonchev–Trinajstić information content (AvgIpc) is 2.56. The van der Waals surface area contributed by atoms with Crippen LogP contribution in [-0.4, -0.2) is 23.5 Å². The molecular formula is C14H27N. The third-order valence-corrected chi connectivity index (χ3v) is 4.48. The summed E-state index contributed by atoms with van der Waals surface area (Å²) < 4.78 is 0. The molecule has 0 radical (unpaired) electrons. The summed E-state index contributed by atoms with van der Waals surface area (Å²) in [5, 5.41) is 0. The van der Waals surface area contributed by atoms with Crippen LogP contribution in [0.3, 0.4) is 0 Å². The van der Waals surface area contributed by atoms with Gasteiger partial charge in [-0.3, -0.25) is 4.90 Å². The molecule has 1 heteroatoms. The molecule has 1 aliphatic carbocycles. The zero-order chi connectivity index (χ0) is 11.2. The van der Waals surface area contributed by atoms with E-state index in [4.69, 9.17) is 0 Å². The minimum atomic E-state index is 0.452. The number of fused-ring (bicyclic) bond motifs is 1. The molecule has 3 atom stereocenters.